The number of hydrogen-bond donors (Lipinski definition) is 0. The number of rotatable bonds is 3. The Morgan fingerprint density at radius 3 is 2.42 bits per heavy atom. The summed E-state index contributed by atoms with van der Waals surface area (Å²) in [4.78, 5) is 13.9. The SMILES string of the molecule is COC(=O)C(C)(C)N(C)c1cccc2ccccc12. The fourth-order valence-corrected chi connectivity index (χ4v) is 2.19. The molecule has 100 valence electrons. The minimum Gasteiger partial charge on any atom is -0.467 e. The molecule has 0 aliphatic carbocycles. The summed E-state index contributed by atoms with van der Waals surface area (Å²) in [6.45, 7) is 3.72. The van der Waals surface area contributed by atoms with Crippen molar-refractivity contribution in [1.29, 1.82) is 0 Å². The lowest BCUT2D eigenvalue weighted by atomic mass is 10.0. The van der Waals surface area contributed by atoms with Gasteiger partial charge < -0.3 is 9.64 Å². The predicted octanol–water partition coefficient (Wildman–Crippen LogP) is 3.23. The number of fused-ring (bicyclic) bond motifs is 1. The first-order valence-corrected chi connectivity index (χ1v) is 6.28. The summed E-state index contributed by atoms with van der Waals surface area (Å²) in [5.74, 6) is -0.247. The van der Waals surface area contributed by atoms with Crippen molar-refractivity contribution < 1.29 is 9.53 Å². The molecule has 0 saturated carbocycles. The van der Waals surface area contributed by atoms with Crippen molar-refractivity contribution in [3.63, 3.8) is 0 Å². The summed E-state index contributed by atoms with van der Waals surface area (Å²) in [6, 6.07) is 14.2. The number of benzene rings is 2. The van der Waals surface area contributed by atoms with Gasteiger partial charge in [0.15, 0.2) is 0 Å². The van der Waals surface area contributed by atoms with Crippen molar-refractivity contribution in [3.8, 4) is 0 Å². The van der Waals surface area contributed by atoms with Crippen LogP contribution < -0.4 is 4.90 Å². The monoisotopic (exact) mass is 257 g/mol. The largest absolute Gasteiger partial charge is 0.467 e. The summed E-state index contributed by atoms with van der Waals surface area (Å²) >= 11 is 0. The highest BCUT2D eigenvalue weighted by Crippen LogP contribution is 2.30. The fourth-order valence-electron chi connectivity index (χ4n) is 2.19. The molecule has 0 saturated heterocycles. The maximum Gasteiger partial charge on any atom is 0.331 e. The van der Waals surface area contributed by atoms with Gasteiger partial charge in [-0.3, -0.25) is 0 Å². The molecule has 0 spiro atoms. The van der Waals surface area contributed by atoms with Crippen LogP contribution in [0.3, 0.4) is 0 Å². The van der Waals surface area contributed by atoms with Gasteiger partial charge in [0.2, 0.25) is 0 Å². The first kappa shape index (κ1) is 13.4. The van der Waals surface area contributed by atoms with Gasteiger partial charge in [0.25, 0.3) is 0 Å². The van der Waals surface area contributed by atoms with Gasteiger partial charge in [-0.25, -0.2) is 4.79 Å². The Kier molecular flexibility index (Phi) is 3.47. The molecule has 0 N–H and O–H groups in total. The lowest BCUT2D eigenvalue weighted by molar-refractivity contribution is -0.145. The summed E-state index contributed by atoms with van der Waals surface area (Å²) < 4.78 is 4.89. The Morgan fingerprint density at radius 1 is 1.11 bits per heavy atom. The zero-order chi connectivity index (χ0) is 14.0. The number of anilines is 1. The molecular weight excluding hydrogens is 238 g/mol. The molecule has 0 aliphatic heterocycles. The highest BCUT2D eigenvalue weighted by molar-refractivity contribution is 5.96. The summed E-state index contributed by atoms with van der Waals surface area (Å²) in [5, 5.41) is 2.29. The van der Waals surface area contributed by atoms with Crippen molar-refractivity contribution in [1.82, 2.24) is 0 Å². The van der Waals surface area contributed by atoms with Gasteiger partial charge >= 0.3 is 5.97 Å². The number of ether oxygens (including phenoxy) is 1. The third-order valence-electron chi connectivity index (χ3n) is 3.65. The molecule has 3 nitrogen and oxygen atoms in total. The van der Waals surface area contributed by atoms with Crippen molar-refractivity contribution in [2.75, 3.05) is 19.1 Å². The average Bonchev–Trinajstić information content (AvgIpc) is 2.44. The molecule has 0 bridgehead atoms. The number of esters is 1. The topological polar surface area (TPSA) is 29.5 Å². The summed E-state index contributed by atoms with van der Waals surface area (Å²) in [7, 11) is 3.33. The lowest BCUT2D eigenvalue weighted by Gasteiger charge is -2.35. The Labute approximate surface area is 113 Å². The van der Waals surface area contributed by atoms with Crippen LogP contribution in [0.4, 0.5) is 5.69 Å². The van der Waals surface area contributed by atoms with E-state index in [1.165, 1.54) is 7.11 Å². The summed E-state index contributed by atoms with van der Waals surface area (Å²) in [6.07, 6.45) is 0. The van der Waals surface area contributed by atoms with Crippen LogP contribution in [0.2, 0.25) is 0 Å². The second-order valence-electron chi connectivity index (χ2n) is 5.11. The fraction of sp³-hybridized carbons (Fsp3) is 0.312. The molecule has 0 aliphatic rings. The third-order valence-corrected chi connectivity index (χ3v) is 3.65. The van der Waals surface area contributed by atoms with E-state index >= 15 is 0 Å². The van der Waals surface area contributed by atoms with E-state index in [0.717, 1.165) is 16.5 Å². The van der Waals surface area contributed by atoms with Crippen LogP contribution in [0.5, 0.6) is 0 Å². The number of hydrogen-bond acceptors (Lipinski definition) is 3. The van der Waals surface area contributed by atoms with Crippen molar-refractivity contribution in [2.24, 2.45) is 0 Å². The van der Waals surface area contributed by atoms with E-state index in [0.29, 0.717) is 0 Å². The Bertz CT molecular complexity index is 599. The molecule has 0 unspecified atom stereocenters. The van der Waals surface area contributed by atoms with E-state index < -0.39 is 5.54 Å². The number of likely N-dealkylation sites (N-methyl/N-ethyl adjacent to an activating group) is 1. The van der Waals surface area contributed by atoms with Gasteiger partial charge in [-0.1, -0.05) is 36.4 Å². The van der Waals surface area contributed by atoms with Crippen LogP contribution in [0.15, 0.2) is 42.5 Å². The van der Waals surface area contributed by atoms with E-state index in [2.05, 4.69) is 18.2 Å². The van der Waals surface area contributed by atoms with Crippen LogP contribution in [-0.4, -0.2) is 25.7 Å². The maximum atomic E-state index is 11.9. The molecule has 2 aromatic carbocycles. The Morgan fingerprint density at radius 2 is 1.74 bits per heavy atom. The van der Waals surface area contributed by atoms with E-state index in [1.54, 1.807) is 0 Å². The molecule has 2 rings (SSSR count). The number of methoxy groups -OCH3 is 1. The van der Waals surface area contributed by atoms with Crippen LogP contribution >= 0.6 is 0 Å². The number of nitrogens with zero attached hydrogens (tertiary/aromatic N) is 1. The van der Waals surface area contributed by atoms with Crippen LogP contribution in [0, 0.1) is 0 Å². The molecular formula is C16H19NO2. The smallest absolute Gasteiger partial charge is 0.331 e. The van der Waals surface area contributed by atoms with Gasteiger partial charge in [-0.15, -0.1) is 0 Å². The first-order valence-electron chi connectivity index (χ1n) is 6.28. The molecule has 0 atom stereocenters. The molecule has 0 amide bonds. The second kappa shape index (κ2) is 4.92. The van der Waals surface area contributed by atoms with Gasteiger partial charge in [-0.05, 0) is 25.3 Å². The lowest BCUT2D eigenvalue weighted by Crippen LogP contribution is -2.48. The molecule has 0 fully saturated rings. The van der Waals surface area contributed by atoms with Crippen LogP contribution in [0.25, 0.3) is 10.8 Å². The van der Waals surface area contributed by atoms with Crippen molar-refractivity contribution >= 4 is 22.4 Å². The van der Waals surface area contributed by atoms with Crippen molar-refractivity contribution in [2.45, 2.75) is 19.4 Å². The predicted molar refractivity (Wildman–Crippen MR) is 78.4 cm³/mol. The molecule has 0 heterocycles. The molecule has 0 aromatic heterocycles. The quantitative estimate of drug-likeness (QED) is 0.791. The minimum absolute atomic E-state index is 0.247. The minimum atomic E-state index is -0.709. The van der Waals surface area contributed by atoms with Crippen LogP contribution in [-0.2, 0) is 9.53 Å². The van der Waals surface area contributed by atoms with Gasteiger partial charge in [0.05, 0.1) is 7.11 Å². The maximum absolute atomic E-state index is 11.9. The van der Waals surface area contributed by atoms with Gasteiger partial charge in [0.1, 0.15) is 5.54 Å². The van der Waals surface area contributed by atoms with Gasteiger partial charge in [0, 0.05) is 18.1 Å². The molecule has 0 radical (unpaired) electrons. The number of carbonyl (C=O) groups is 1. The number of carbonyl (C=O) groups excluding carboxylic acids is 1. The average molecular weight is 257 g/mol. The van der Waals surface area contributed by atoms with E-state index in [-0.39, 0.29) is 5.97 Å². The van der Waals surface area contributed by atoms with Crippen molar-refractivity contribution in [3.05, 3.63) is 42.5 Å². The first-order chi connectivity index (χ1) is 8.98. The summed E-state index contributed by atoms with van der Waals surface area (Å²) in [5.41, 5.74) is 0.312. The molecule has 2 aromatic rings. The zero-order valence-electron chi connectivity index (χ0n) is 11.8. The molecule has 19 heavy (non-hydrogen) atoms. The highest BCUT2D eigenvalue weighted by Gasteiger charge is 2.34. The standard InChI is InChI=1S/C16H19NO2/c1-16(2,15(18)19-4)17(3)14-11-7-9-12-8-5-6-10-13(12)14/h5-11H,1-4H3. The second-order valence-corrected chi connectivity index (χ2v) is 5.11. The zero-order valence-corrected chi connectivity index (χ0v) is 11.8. The van der Waals surface area contributed by atoms with Gasteiger partial charge in [-0.2, -0.15) is 0 Å². The van der Waals surface area contributed by atoms with E-state index in [9.17, 15) is 4.79 Å². The van der Waals surface area contributed by atoms with E-state index in [4.69, 9.17) is 4.74 Å². The molecule has 3 heteroatoms. The Hall–Kier alpha value is -2.03. The van der Waals surface area contributed by atoms with Crippen LogP contribution in [0.1, 0.15) is 13.8 Å². The normalized spacial score (nSPS) is 11.4. The third kappa shape index (κ3) is 2.28. The highest BCUT2D eigenvalue weighted by atomic mass is 16.5. The van der Waals surface area contributed by atoms with E-state index in [1.807, 2.05) is 50.1 Å². The Balaban J connectivity index is 2.53.